The predicted molar refractivity (Wildman–Crippen MR) is 76.3 cm³/mol. The molecule has 18 heavy (non-hydrogen) atoms. The van der Waals surface area contributed by atoms with Crippen molar-refractivity contribution in [1.82, 2.24) is 10.3 Å². The molecule has 1 aromatic heterocycles. The number of nitrogens with zero attached hydrogens (tertiary/aromatic N) is 1. The zero-order valence-corrected chi connectivity index (χ0v) is 11.7. The first kappa shape index (κ1) is 13.3. The second-order valence-electron chi connectivity index (χ2n) is 6.11. The molecule has 0 saturated heterocycles. The number of hydrogen-bond acceptors (Lipinski definition) is 3. The van der Waals surface area contributed by atoms with Crippen LogP contribution in [0.15, 0.2) is 18.3 Å². The molecule has 3 nitrogen and oxygen atoms in total. The minimum Gasteiger partial charge on any atom is -0.383 e. The Morgan fingerprint density at radius 2 is 2.28 bits per heavy atom. The first-order chi connectivity index (χ1) is 8.54. The summed E-state index contributed by atoms with van der Waals surface area (Å²) in [7, 11) is 0. The monoisotopic (exact) mass is 247 g/mol. The standard InChI is InChI=1S/C15H25N3/c1-4-7-17-13(12-10-15(12,2)3)9-11-6-5-8-18-14(11)16/h5-6,8,12-13,17H,4,7,9-10H2,1-3H3,(H2,16,18). The molecule has 100 valence electrons. The summed E-state index contributed by atoms with van der Waals surface area (Å²) in [6.07, 6.45) is 5.24. The van der Waals surface area contributed by atoms with Crippen LogP contribution >= 0.6 is 0 Å². The molecule has 1 aliphatic rings. The van der Waals surface area contributed by atoms with E-state index in [4.69, 9.17) is 5.73 Å². The largest absolute Gasteiger partial charge is 0.383 e. The SMILES string of the molecule is CCCNC(Cc1cccnc1N)C1CC1(C)C. The summed E-state index contributed by atoms with van der Waals surface area (Å²) >= 11 is 0. The number of aromatic nitrogens is 1. The van der Waals surface area contributed by atoms with Gasteiger partial charge >= 0.3 is 0 Å². The molecule has 0 bridgehead atoms. The van der Waals surface area contributed by atoms with Gasteiger partial charge in [0.2, 0.25) is 0 Å². The number of nitrogens with two attached hydrogens (primary N) is 1. The molecule has 2 rings (SSSR count). The molecule has 3 heteroatoms. The molecule has 1 heterocycles. The molecule has 0 radical (unpaired) electrons. The molecule has 1 aromatic rings. The Balaban J connectivity index is 2.04. The van der Waals surface area contributed by atoms with Gasteiger partial charge in [-0.3, -0.25) is 0 Å². The molecule has 1 aliphatic carbocycles. The topological polar surface area (TPSA) is 50.9 Å². The fourth-order valence-corrected chi connectivity index (χ4v) is 2.74. The van der Waals surface area contributed by atoms with Crippen LogP contribution in [0, 0.1) is 11.3 Å². The van der Waals surface area contributed by atoms with Gasteiger partial charge < -0.3 is 11.1 Å². The zero-order chi connectivity index (χ0) is 13.2. The van der Waals surface area contributed by atoms with Crippen molar-refractivity contribution in [3.05, 3.63) is 23.9 Å². The van der Waals surface area contributed by atoms with E-state index in [1.54, 1.807) is 6.20 Å². The van der Waals surface area contributed by atoms with Gasteiger partial charge in [-0.1, -0.05) is 26.8 Å². The van der Waals surface area contributed by atoms with Gasteiger partial charge in [-0.25, -0.2) is 4.98 Å². The highest BCUT2D eigenvalue weighted by Crippen LogP contribution is 2.54. The molecule has 3 N–H and O–H groups in total. The van der Waals surface area contributed by atoms with Crippen molar-refractivity contribution in [3.63, 3.8) is 0 Å². The average molecular weight is 247 g/mol. The van der Waals surface area contributed by atoms with Gasteiger partial charge in [-0.2, -0.15) is 0 Å². The molecule has 0 amide bonds. The van der Waals surface area contributed by atoms with Crippen LogP contribution in [0.1, 0.15) is 39.2 Å². The molecule has 2 unspecified atom stereocenters. The fraction of sp³-hybridized carbons (Fsp3) is 0.667. The van der Waals surface area contributed by atoms with Crippen molar-refractivity contribution in [1.29, 1.82) is 0 Å². The number of nitrogen functional groups attached to an aromatic ring is 1. The highest BCUT2D eigenvalue weighted by Gasteiger charge is 2.49. The van der Waals surface area contributed by atoms with E-state index in [9.17, 15) is 0 Å². The smallest absolute Gasteiger partial charge is 0.126 e. The Kier molecular flexibility index (Phi) is 3.91. The van der Waals surface area contributed by atoms with Crippen LogP contribution in [0.3, 0.4) is 0 Å². The fourth-order valence-electron chi connectivity index (χ4n) is 2.74. The van der Waals surface area contributed by atoms with Gasteiger partial charge in [0.1, 0.15) is 5.82 Å². The van der Waals surface area contributed by atoms with Gasteiger partial charge in [0.25, 0.3) is 0 Å². The predicted octanol–water partition coefficient (Wildman–Crippen LogP) is 2.62. The van der Waals surface area contributed by atoms with Crippen LogP contribution in [0.2, 0.25) is 0 Å². The van der Waals surface area contributed by atoms with E-state index < -0.39 is 0 Å². The van der Waals surface area contributed by atoms with Crippen molar-refractivity contribution < 1.29 is 0 Å². The lowest BCUT2D eigenvalue weighted by atomic mass is 9.97. The minimum absolute atomic E-state index is 0.488. The lowest BCUT2D eigenvalue weighted by Gasteiger charge is -2.21. The zero-order valence-electron chi connectivity index (χ0n) is 11.7. The third-order valence-electron chi connectivity index (χ3n) is 4.10. The lowest BCUT2D eigenvalue weighted by molar-refractivity contribution is 0.402. The Hall–Kier alpha value is -1.09. The molecule has 0 aliphatic heterocycles. The summed E-state index contributed by atoms with van der Waals surface area (Å²) in [5.74, 6) is 1.45. The maximum absolute atomic E-state index is 5.95. The summed E-state index contributed by atoms with van der Waals surface area (Å²) < 4.78 is 0. The van der Waals surface area contributed by atoms with Gasteiger partial charge in [-0.15, -0.1) is 0 Å². The quantitative estimate of drug-likeness (QED) is 0.812. The molecule has 2 atom stereocenters. The highest BCUT2D eigenvalue weighted by molar-refractivity contribution is 5.39. The van der Waals surface area contributed by atoms with E-state index >= 15 is 0 Å². The molecule has 0 aromatic carbocycles. The van der Waals surface area contributed by atoms with E-state index in [0.717, 1.165) is 18.9 Å². The van der Waals surface area contributed by atoms with Crippen molar-refractivity contribution in [2.45, 2.75) is 46.1 Å². The van der Waals surface area contributed by atoms with Crippen molar-refractivity contribution in [3.8, 4) is 0 Å². The van der Waals surface area contributed by atoms with Crippen LogP contribution < -0.4 is 11.1 Å². The van der Waals surface area contributed by atoms with Crippen LogP contribution in [0.4, 0.5) is 5.82 Å². The first-order valence-corrected chi connectivity index (χ1v) is 6.97. The van der Waals surface area contributed by atoms with E-state index in [1.807, 2.05) is 6.07 Å². The molecular weight excluding hydrogens is 222 g/mol. The molecule has 1 fully saturated rings. The van der Waals surface area contributed by atoms with Gasteiger partial charge in [0, 0.05) is 12.2 Å². The number of anilines is 1. The van der Waals surface area contributed by atoms with Gasteiger partial charge in [-0.05, 0) is 48.8 Å². The van der Waals surface area contributed by atoms with Crippen LogP contribution in [-0.2, 0) is 6.42 Å². The van der Waals surface area contributed by atoms with Crippen molar-refractivity contribution >= 4 is 5.82 Å². The van der Waals surface area contributed by atoms with Crippen molar-refractivity contribution in [2.75, 3.05) is 12.3 Å². The van der Waals surface area contributed by atoms with E-state index in [0.29, 0.717) is 17.3 Å². The third-order valence-corrected chi connectivity index (χ3v) is 4.10. The summed E-state index contributed by atoms with van der Waals surface area (Å²) in [6.45, 7) is 7.99. The number of nitrogens with one attached hydrogen (secondary N) is 1. The summed E-state index contributed by atoms with van der Waals surface area (Å²) in [5.41, 5.74) is 7.61. The second kappa shape index (κ2) is 5.27. The first-order valence-electron chi connectivity index (χ1n) is 6.97. The van der Waals surface area contributed by atoms with E-state index in [1.165, 1.54) is 18.4 Å². The van der Waals surface area contributed by atoms with Gasteiger partial charge in [0.05, 0.1) is 0 Å². The number of pyridine rings is 1. The summed E-state index contributed by atoms with van der Waals surface area (Å²) in [6, 6.07) is 4.60. The second-order valence-corrected chi connectivity index (χ2v) is 6.11. The highest BCUT2D eigenvalue weighted by atomic mass is 14.9. The maximum atomic E-state index is 5.95. The number of hydrogen-bond donors (Lipinski definition) is 2. The Bertz CT molecular complexity index is 400. The van der Waals surface area contributed by atoms with Crippen molar-refractivity contribution in [2.24, 2.45) is 11.3 Å². The number of rotatable bonds is 6. The molecular formula is C15H25N3. The van der Waals surface area contributed by atoms with Gasteiger partial charge in [0.15, 0.2) is 0 Å². The summed E-state index contributed by atoms with van der Waals surface area (Å²) in [5, 5.41) is 3.68. The maximum Gasteiger partial charge on any atom is 0.126 e. The average Bonchev–Trinajstić information content (AvgIpc) is 2.96. The Labute approximate surface area is 110 Å². The van der Waals surface area contributed by atoms with E-state index in [-0.39, 0.29) is 0 Å². The van der Waals surface area contributed by atoms with E-state index in [2.05, 4.69) is 37.1 Å². The minimum atomic E-state index is 0.488. The normalized spacial score (nSPS) is 22.7. The Morgan fingerprint density at radius 3 is 2.83 bits per heavy atom. The molecule has 1 saturated carbocycles. The van der Waals surface area contributed by atoms with Crippen LogP contribution in [-0.4, -0.2) is 17.6 Å². The summed E-state index contributed by atoms with van der Waals surface area (Å²) in [4.78, 5) is 4.18. The van der Waals surface area contributed by atoms with Crippen LogP contribution in [0.25, 0.3) is 0 Å². The molecule has 0 spiro atoms. The Morgan fingerprint density at radius 1 is 1.56 bits per heavy atom. The van der Waals surface area contributed by atoms with Crippen LogP contribution in [0.5, 0.6) is 0 Å². The lowest BCUT2D eigenvalue weighted by Crippen LogP contribution is -2.35. The third kappa shape index (κ3) is 3.02.